The van der Waals surface area contributed by atoms with E-state index >= 15 is 0 Å². The highest BCUT2D eigenvalue weighted by atomic mass is 19.4. The summed E-state index contributed by atoms with van der Waals surface area (Å²) in [6.07, 6.45) is -5.51. The zero-order valence-electron chi connectivity index (χ0n) is 15.3. The van der Waals surface area contributed by atoms with Crippen molar-refractivity contribution >= 4 is 22.6 Å². The van der Waals surface area contributed by atoms with Crippen LogP contribution in [0.25, 0.3) is 10.8 Å². The van der Waals surface area contributed by atoms with E-state index in [1.165, 1.54) is 13.0 Å². The van der Waals surface area contributed by atoms with E-state index in [0.717, 1.165) is 22.9 Å². The van der Waals surface area contributed by atoms with Crippen LogP contribution in [0.2, 0.25) is 0 Å². The molecule has 0 heterocycles. The second-order valence-corrected chi connectivity index (χ2v) is 6.29. The summed E-state index contributed by atoms with van der Waals surface area (Å²) < 4.78 is 43.8. The van der Waals surface area contributed by atoms with Crippen molar-refractivity contribution in [2.24, 2.45) is 0 Å². The van der Waals surface area contributed by atoms with Gasteiger partial charge in [-0.15, -0.1) is 0 Å². The Balaban J connectivity index is 1.58. The van der Waals surface area contributed by atoms with Crippen molar-refractivity contribution in [3.63, 3.8) is 0 Å². The fourth-order valence-corrected chi connectivity index (χ4v) is 2.63. The van der Waals surface area contributed by atoms with Gasteiger partial charge in [0.2, 0.25) is 0 Å². The van der Waals surface area contributed by atoms with E-state index in [0.29, 0.717) is 11.8 Å². The maximum atomic E-state index is 12.7. The Kier molecular flexibility index (Phi) is 5.72. The first-order valence-electron chi connectivity index (χ1n) is 8.67. The predicted molar refractivity (Wildman–Crippen MR) is 101 cm³/mol. The smallest absolute Gasteiger partial charge is 0.416 e. The summed E-state index contributed by atoms with van der Waals surface area (Å²) in [6.45, 7) is 1.49. The minimum absolute atomic E-state index is 0.233. The summed E-state index contributed by atoms with van der Waals surface area (Å²) in [4.78, 5) is 24.2. The van der Waals surface area contributed by atoms with Gasteiger partial charge in [-0.1, -0.05) is 36.4 Å². The fourth-order valence-electron chi connectivity index (χ4n) is 2.63. The molecule has 0 aliphatic heterocycles. The molecule has 0 fully saturated rings. The fraction of sp³-hybridized carbons (Fsp3) is 0.143. The van der Waals surface area contributed by atoms with Crippen molar-refractivity contribution in [1.29, 1.82) is 0 Å². The van der Waals surface area contributed by atoms with Gasteiger partial charge in [0.1, 0.15) is 5.75 Å². The average Bonchev–Trinajstić information content (AvgIpc) is 2.71. The molecule has 3 aromatic carbocycles. The summed E-state index contributed by atoms with van der Waals surface area (Å²) in [5.74, 6) is -1.06. The molecule has 0 aliphatic rings. The van der Waals surface area contributed by atoms with E-state index in [2.05, 4.69) is 10.9 Å². The SMILES string of the molecule is CC(Oc1ccc2ccccc2c1)C(=O)NNC(=O)c1cccc(C(F)(F)F)c1. The van der Waals surface area contributed by atoms with Crippen LogP contribution in [-0.2, 0) is 11.0 Å². The van der Waals surface area contributed by atoms with Gasteiger partial charge >= 0.3 is 6.18 Å². The van der Waals surface area contributed by atoms with Gasteiger partial charge in [-0.25, -0.2) is 0 Å². The minimum Gasteiger partial charge on any atom is -0.481 e. The molecule has 0 spiro atoms. The van der Waals surface area contributed by atoms with E-state index in [9.17, 15) is 22.8 Å². The second kappa shape index (κ2) is 8.22. The number of fused-ring (bicyclic) bond motifs is 1. The second-order valence-electron chi connectivity index (χ2n) is 6.29. The van der Waals surface area contributed by atoms with Gasteiger partial charge in [0.25, 0.3) is 11.8 Å². The number of hydrogen-bond acceptors (Lipinski definition) is 3. The number of amides is 2. The number of benzene rings is 3. The number of carbonyl (C=O) groups excluding carboxylic acids is 2. The monoisotopic (exact) mass is 402 g/mol. The van der Waals surface area contributed by atoms with Crippen LogP contribution in [0.5, 0.6) is 5.75 Å². The quantitative estimate of drug-likeness (QED) is 0.646. The normalized spacial score (nSPS) is 12.3. The zero-order chi connectivity index (χ0) is 21.0. The lowest BCUT2D eigenvalue weighted by Gasteiger charge is -2.16. The molecule has 3 aromatic rings. The summed E-state index contributed by atoms with van der Waals surface area (Å²) in [5.41, 5.74) is 3.05. The molecule has 5 nitrogen and oxygen atoms in total. The molecule has 3 rings (SSSR count). The van der Waals surface area contributed by atoms with Crippen molar-refractivity contribution in [2.75, 3.05) is 0 Å². The number of halogens is 3. The van der Waals surface area contributed by atoms with Crippen LogP contribution in [-0.4, -0.2) is 17.9 Å². The highest BCUT2D eigenvalue weighted by Gasteiger charge is 2.31. The highest BCUT2D eigenvalue weighted by Crippen LogP contribution is 2.29. The molecular formula is C21H17F3N2O3. The van der Waals surface area contributed by atoms with Crippen molar-refractivity contribution in [2.45, 2.75) is 19.2 Å². The van der Waals surface area contributed by atoms with Gasteiger partial charge in [-0.2, -0.15) is 13.2 Å². The summed E-state index contributed by atoms with van der Waals surface area (Å²) in [7, 11) is 0. The van der Waals surface area contributed by atoms with E-state index in [1.54, 1.807) is 12.1 Å². The van der Waals surface area contributed by atoms with E-state index in [1.807, 2.05) is 30.3 Å². The summed E-state index contributed by atoms with van der Waals surface area (Å²) >= 11 is 0. The molecule has 8 heteroatoms. The van der Waals surface area contributed by atoms with E-state index in [-0.39, 0.29) is 5.56 Å². The Labute approximate surface area is 164 Å². The predicted octanol–water partition coefficient (Wildman–Crippen LogP) is 4.09. The third kappa shape index (κ3) is 5.04. The lowest BCUT2D eigenvalue weighted by Crippen LogP contribution is -2.47. The number of nitrogens with one attached hydrogen (secondary N) is 2. The minimum atomic E-state index is -4.57. The van der Waals surface area contributed by atoms with Crippen LogP contribution >= 0.6 is 0 Å². The third-order valence-electron chi connectivity index (χ3n) is 4.15. The van der Waals surface area contributed by atoms with Gasteiger partial charge in [-0.3, -0.25) is 20.4 Å². The van der Waals surface area contributed by atoms with Gasteiger partial charge in [0.05, 0.1) is 5.56 Å². The molecule has 0 aliphatic carbocycles. The van der Waals surface area contributed by atoms with Crippen molar-refractivity contribution < 1.29 is 27.5 Å². The standard InChI is InChI=1S/C21H17F3N2O3/c1-13(29-18-10-9-14-5-2-3-6-15(14)12-18)19(27)25-26-20(28)16-7-4-8-17(11-16)21(22,23)24/h2-13H,1H3,(H,25,27)(H,26,28). The summed E-state index contributed by atoms with van der Waals surface area (Å²) in [6, 6.07) is 16.9. The Morgan fingerprint density at radius 2 is 1.62 bits per heavy atom. The molecule has 0 saturated carbocycles. The largest absolute Gasteiger partial charge is 0.481 e. The van der Waals surface area contributed by atoms with Crippen LogP contribution in [0.15, 0.2) is 66.7 Å². The Morgan fingerprint density at radius 1 is 0.897 bits per heavy atom. The van der Waals surface area contributed by atoms with Crippen molar-refractivity contribution in [1.82, 2.24) is 10.9 Å². The van der Waals surface area contributed by atoms with Crippen LogP contribution in [0.1, 0.15) is 22.8 Å². The number of rotatable bonds is 4. The van der Waals surface area contributed by atoms with Gasteiger partial charge < -0.3 is 4.74 Å². The first-order chi connectivity index (χ1) is 13.7. The Hall–Kier alpha value is -3.55. The molecule has 29 heavy (non-hydrogen) atoms. The zero-order valence-corrected chi connectivity index (χ0v) is 15.3. The number of hydrazine groups is 1. The molecule has 1 unspecified atom stereocenters. The molecule has 0 bridgehead atoms. The average molecular weight is 402 g/mol. The maximum absolute atomic E-state index is 12.7. The first-order valence-corrected chi connectivity index (χ1v) is 8.67. The molecule has 150 valence electrons. The third-order valence-corrected chi connectivity index (χ3v) is 4.15. The molecule has 2 amide bonds. The number of hydrogen-bond donors (Lipinski definition) is 2. The molecule has 0 saturated heterocycles. The van der Waals surface area contributed by atoms with Crippen LogP contribution < -0.4 is 15.6 Å². The number of alkyl halides is 3. The molecule has 0 radical (unpaired) electrons. The van der Waals surface area contributed by atoms with Crippen LogP contribution in [0.3, 0.4) is 0 Å². The number of carbonyl (C=O) groups is 2. The van der Waals surface area contributed by atoms with Gasteiger partial charge in [0, 0.05) is 5.56 Å². The van der Waals surface area contributed by atoms with E-state index in [4.69, 9.17) is 4.74 Å². The van der Waals surface area contributed by atoms with Crippen molar-refractivity contribution in [3.05, 3.63) is 77.9 Å². The molecule has 2 N–H and O–H groups in total. The topological polar surface area (TPSA) is 67.4 Å². The van der Waals surface area contributed by atoms with Crippen LogP contribution in [0.4, 0.5) is 13.2 Å². The lowest BCUT2D eigenvalue weighted by atomic mass is 10.1. The Morgan fingerprint density at radius 3 is 2.34 bits per heavy atom. The highest BCUT2D eigenvalue weighted by molar-refractivity contribution is 5.96. The Bertz CT molecular complexity index is 1050. The van der Waals surface area contributed by atoms with Gasteiger partial charge in [-0.05, 0) is 48.0 Å². The summed E-state index contributed by atoms with van der Waals surface area (Å²) in [5, 5.41) is 1.96. The number of ether oxygens (including phenoxy) is 1. The molecule has 1 atom stereocenters. The van der Waals surface area contributed by atoms with Crippen LogP contribution in [0, 0.1) is 0 Å². The van der Waals surface area contributed by atoms with Gasteiger partial charge in [0.15, 0.2) is 6.10 Å². The maximum Gasteiger partial charge on any atom is 0.416 e. The van der Waals surface area contributed by atoms with Crippen molar-refractivity contribution in [3.8, 4) is 5.75 Å². The lowest BCUT2D eigenvalue weighted by molar-refractivity contribution is -0.137. The molecular weight excluding hydrogens is 385 g/mol. The van der Waals surface area contributed by atoms with E-state index < -0.39 is 29.7 Å². The molecule has 0 aromatic heterocycles. The first kappa shape index (κ1) is 20.2.